The minimum atomic E-state index is -0.191. The maximum absolute atomic E-state index is 13.0. The van der Waals surface area contributed by atoms with Crippen molar-refractivity contribution in [3.63, 3.8) is 0 Å². The highest BCUT2D eigenvalue weighted by molar-refractivity contribution is 6.01. The summed E-state index contributed by atoms with van der Waals surface area (Å²) in [5.74, 6) is 1.08. The van der Waals surface area contributed by atoms with Crippen LogP contribution in [0.3, 0.4) is 0 Å². The molecule has 1 aliphatic rings. The molecule has 2 aromatic rings. The van der Waals surface area contributed by atoms with Gasteiger partial charge in [0.25, 0.3) is 5.91 Å². The highest BCUT2D eigenvalue weighted by Gasteiger charge is 2.25. The number of aromatic nitrogens is 3. The maximum Gasteiger partial charge on any atom is 0.264 e. The van der Waals surface area contributed by atoms with Gasteiger partial charge in [-0.25, -0.2) is 0 Å². The van der Waals surface area contributed by atoms with Crippen LogP contribution < -0.4 is 5.32 Å². The third-order valence-corrected chi connectivity index (χ3v) is 5.52. The Labute approximate surface area is 178 Å². The number of hydrogen-bond acceptors (Lipinski definition) is 5. The lowest BCUT2D eigenvalue weighted by atomic mass is 10.0. The minimum absolute atomic E-state index is 0.191. The summed E-state index contributed by atoms with van der Waals surface area (Å²) >= 11 is 0. The molecule has 1 aliphatic heterocycles. The van der Waals surface area contributed by atoms with Gasteiger partial charge in [0.05, 0.1) is 0 Å². The van der Waals surface area contributed by atoms with Crippen molar-refractivity contribution in [2.75, 3.05) is 18.4 Å². The van der Waals surface area contributed by atoms with E-state index in [4.69, 9.17) is 0 Å². The highest BCUT2D eigenvalue weighted by Crippen LogP contribution is 2.22. The zero-order chi connectivity index (χ0) is 21.7. The van der Waals surface area contributed by atoms with Gasteiger partial charge in [0, 0.05) is 43.3 Å². The maximum atomic E-state index is 13.0. The van der Waals surface area contributed by atoms with Crippen molar-refractivity contribution < 1.29 is 4.79 Å². The van der Waals surface area contributed by atoms with Crippen molar-refractivity contribution in [2.24, 2.45) is 5.92 Å². The van der Waals surface area contributed by atoms with Crippen LogP contribution in [-0.2, 0) is 11.3 Å². The molecule has 158 valence electrons. The fourth-order valence-electron chi connectivity index (χ4n) is 3.90. The average Bonchev–Trinajstić information content (AvgIpc) is 3.00. The van der Waals surface area contributed by atoms with E-state index in [1.807, 2.05) is 19.1 Å². The molecule has 0 atom stereocenters. The normalized spacial score (nSPS) is 15.3. The molecule has 0 aromatic carbocycles. The van der Waals surface area contributed by atoms with Gasteiger partial charge in [-0.05, 0) is 62.4 Å². The molecular formula is C23H30N6O. The van der Waals surface area contributed by atoms with Crippen LogP contribution in [0.2, 0.25) is 0 Å². The summed E-state index contributed by atoms with van der Waals surface area (Å²) in [5.41, 5.74) is 3.37. The number of amides is 1. The van der Waals surface area contributed by atoms with Gasteiger partial charge < -0.3 is 14.8 Å². The van der Waals surface area contributed by atoms with Gasteiger partial charge in [-0.1, -0.05) is 13.8 Å². The van der Waals surface area contributed by atoms with E-state index in [1.54, 1.807) is 17.2 Å². The van der Waals surface area contributed by atoms with Crippen molar-refractivity contribution in [2.45, 2.75) is 53.1 Å². The van der Waals surface area contributed by atoms with Crippen LogP contribution in [0.4, 0.5) is 5.82 Å². The molecule has 0 bridgehead atoms. The Hall–Kier alpha value is -3.14. The highest BCUT2D eigenvalue weighted by atomic mass is 16.2. The van der Waals surface area contributed by atoms with Gasteiger partial charge in [0.15, 0.2) is 0 Å². The summed E-state index contributed by atoms with van der Waals surface area (Å²) < 4.78 is 2.25. The van der Waals surface area contributed by atoms with E-state index in [9.17, 15) is 10.1 Å². The number of hydrogen-bond donors (Lipinski definition) is 1. The Morgan fingerprint density at radius 3 is 2.70 bits per heavy atom. The molecule has 0 saturated carbocycles. The van der Waals surface area contributed by atoms with Crippen LogP contribution in [0.25, 0.3) is 6.08 Å². The van der Waals surface area contributed by atoms with Crippen LogP contribution >= 0.6 is 0 Å². The molecule has 0 radical (unpaired) electrons. The predicted octanol–water partition coefficient (Wildman–Crippen LogP) is 3.56. The van der Waals surface area contributed by atoms with E-state index < -0.39 is 0 Å². The summed E-state index contributed by atoms with van der Waals surface area (Å²) in [4.78, 5) is 14.7. The number of carbonyl (C=O) groups excluding carboxylic acids is 1. The summed E-state index contributed by atoms with van der Waals surface area (Å²) in [6, 6.07) is 8.15. The second-order valence-electron chi connectivity index (χ2n) is 8.32. The molecule has 1 N–H and O–H groups in total. The first kappa shape index (κ1) is 21.6. The van der Waals surface area contributed by atoms with Crippen LogP contribution in [0.5, 0.6) is 0 Å². The molecule has 2 aromatic heterocycles. The summed E-state index contributed by atoms with van der Waals surface area (Å²) in [7, 11) is 0. The molecule has 3 rings (SSSR count). The van der Waals surface area contributed by atoms with E-state index in [2.05, 4.69) is 53.0 Å². The van der Waals surface area contributed by atoms with E-state index in [0.29, 0.717) is 19.0 Å². The molecule has 1 fully saturated rings. The molecule has 7 heteroatoms. The second kappa shape index (κ2) is 9.57. The predicted molar refractivity (Wildman–Crippen MR) is 118 cm³/mol. The van der Waals surface area contributed by atoms with Crippen molar-refractivity contribution in [3.05, 3.63) is 46.9 Å². The number of nitriles is 1. The zero-order valence-corrected chi connectivity index (χ0v) is 18.2. The molecule has 0 spiro atoms. The molecule has 0 aliphatic carbocycles. The number of piperidine rings is 1. The Balaban J connectivity index is 1.66. The lowest BCUT2D eigenvalue weighted by Gasteiger charge is -2.32. The Morgan fingerprint density at radius 1 is 1.37 bits per heavy atom. The van der Waals surface area contributed by atoms with Crippen LogP contribution in [-0.4, -0.2) is 44.7 Å². The van der Waals surface area contributed by atoms with Gasteiger partial charge in [0.1, 0.15) is 17.5 Å². The standard InChI is InChI=1S/C23H30N6O/c1-16(2)15-29-17(3)12-19(18(29)4)13-20(14-24)23(30)28-10-7-21(8-11-28)26-22-6-5-9-25-27-22/h5-6,9,12-13,16,21H,7-8,10-11,15H2,1-4H3,(H,26,27)/b20-13-. The minimum Gasteiger partial charge on any atom is -0.366 e. The van der Waals surface area contributed by atoms with E-state index in [0.717, 1.165) is 42.2 Å². The monoisotopic (exact) mass is 406 g/mol. The number of nitrogens with zero attached hydrogens (tertiary/aromatic N) is 5. The van der Waals surface area contributed by atoms with Gasteiger partial charge in [-0.15, -0.1) is 5.10 Å². The molecular weight excluding hydrogens is 376 g/mol. The Bertz CT molecular complexity index is 946. The molecule has 30 heavy (non-hydrogen) atoms. The van der Waals surface area contributed by atoms with Crippen LogP contribution in [0, 0.1) is 31.1 Å². The van der Waals surface area contributed by atoms with Gasteiger partial charge in [0.2, 0.25) is 0 Å². The van der Waals surface area contributed by atoms with Gasteiger partial charge >= 0.3 is 0 Å². The smallest absolute Gasteiger partial charge is 0.264 e. The van der Waals surface area contributed by atoms with Gasteiger partial charge in [-0.3, -0.25) is 4.79 Å². The number of rotatable bonds is 6. The molecule has 0 unspecified atom stereocenters. The number of anilines is 1. The van der Waals surface area contributed by atoms with Crippen molar-refractivity contribution in [1.29, 1.82) is 5.26 Å². The fourth-order valence-corrected chi connectivity index (χ4v) is 3.90. The number of aryl methyl sites for hydroxylation is 1. The number of likely N-dealkylation sites (tertiary alicyclic amines) is 1. The topological polar surface area (TPSA) is 86.8 Å². The van der Waals surface area contributed by atoms with Gasteiger partial charge in [-0.2, -0.15) is 10.4 Å². The second-order valence-corrected chi connectivity index (χ2v) is 8.32. The zero-order valence-electron chi connectivity index (χ0n) is 18.2. The van der Waals surface area contributed by atoms with Crippen LogP contribution in [0.15, 0.2) is 30.0 Å². The van der Waals surface area contributed by atoms with Crippen molar-refractivity contribution in [1.82, 2.24) is 19.7 Å². The summed E-state index contributed by atoms with van der Waals surface area (Å²) in [5, 5.41) is 20.9. The molecule has 1 amide bonds. The lowest BCUT2D eigenvalue weighted by molar-refractivity contribution is -0.127. The summed E-state index contributed by atoms with van der Waals surface area (Å²) in [6.07, 6.45) is 5.00. The van der Waals surface area contributed by atoms with E-state index >= 15 is 0 Å². The van der Waals surface area contributed by atoms with E-state index in [-0.39, 0.29) is 17.5 Å². The van der Waals surface area contributed by atoms with Crippen molar-refractivity contribution >= 4 is 17.8 Å². The van der Waals surface area contributed by atoms with E-state index in [1.165, 1.54) is 0 Å². The Morgan fingerprint density at radius 2 is 2.10 bits per heavy atom. The first-order chi connectivity index (χ1) is 14.4. The fraction of sp³-hybridized carbons (Fsp3) is 0.478. The Kier molecular flexibility index (Phi) is 6.88. The molecule has 1 saturated heterocycles. The van der Waals surface area contributed by atoms with Crippen molar-refractivity contribution in [3.8, 4) is 6.07 Å². The third-order valence-electron chi connectivity index (χ3n) is 5.52. The third kappa shape index (κ3) is 5.07. The van der Waals surface area contributed by atoms with Crippen LogP contribution in [0.1, 0.15) is 43.6 Å². The average molecular weight is 407 g/mol. The largest absolute Gasteiger partial charge is 0.366 e. The molecule has 7 nitrogen and oxygen atoms in total. The first-order valence-corrected chi connectivity index (χ1v) is 10.5. The number of nitrogens with one attached hydrogen (secondary N) is 1. The lowest BCUT2D eigenvalue weighted by Crippen LogP contribution is -2.42. The molecule has 3 heterocycles. The first-order valence-electron chi connectivity index (χ1n) is 10.5. The number of carbonyl (C=O) groups is 1. The SMILES string of the molecule is Cc1cc(/C=C(/C#N)C(=O)N2CCC(Nc3cccnn3)CC2)c(C)n1CC(C)C. The summed E-state index contributed by atoms with van der Waals surface area (Å²) in [6.45, 7) is 10.6. The quantitative estimate of drug-likeness (QED) is 0.585.